The van der Waals surface area contributed by atoms with Crippen molar-refractivity contribution in [1.29, 1.82) is 0 Å². The Morgan fingerprint density at radius 1 is 1.00 bits per heavy atom. The molecule has 0 amide bonds. The van der Waals surface area contributed by atoms with Gasteiger partial charge in [-0.05, 0) is 29.8 Å². The van der Waals surface area contributed by atoms with Crippen LogP contribution in [0.4, 0.5) is 8.78 Å². The summed E-state index contributed by atoms with van der Waals surface area (Å²) in [6, 6.07) is 7.96. The van der Waals surface area contributed by atoms with Crippen LogP contribution in [0.2, 0.25) is 0 Å². The Hall–Kier alpha value is -2.18. The lowest BCUT2D eigenvalue weighted by molar-refractivity contribution is 0.171. The molecule has 0 bridgehead atoms. The van der Waals surface area contributed by atoms with Crippen LogP contribution >= 0.6 is 0 Å². The average molecular weight is 292 g/mol. The minimum atomic E-state index is -0.818. The molecule has 0 saturated carbocycles. The Bertz CT molecular complexity index is 644. The van der Waals surface area contributed by atoms with Crippen molar-refractivity contribution in [3.8, 4) is 11.5 Å². The zero-order valence-electron chi connectivity index (χ0n) is 11.1. The Balaban J connectivity index is 2.04. The number of halogens is 2. The van der Waals surface area contributed by atoms with E-state index < -0.39 is 17.7 Å². The lowest BCUT2D eigenvalue weighted by atomic mass is 9.97. The van der Waals surface area contributed by atoms with Crippen LogP contribution in [0.3, 0.4) is 0 Å². The predicted octanol–water partition coefficient (Wildman–Crippen LogP) is 2.29. The van der Waals surface area contributed by atoms with Crippen LogP contribution < -0.4 is 20.7 Å². The van der Waals surface area contributed by atoms with Crippen molar-refractivity contribution in [2.45, 2.75) is 6.04 Å². The zero-order valence-corrected chi connectivity index (χ0v) is 11.1. The van der Waals surface area contributed by atoms with Crippen molar-refractivity contribution in [1.82, 2.24) is 5.43 Å². The van der Waals surface area contributed by atoms with E-state index in [9.17, 15) is 8.78 Å². The summed E-state index contributed by atoms with van der Waals surface area (Å²) in [5, 5.41) is 0. The molecule has 3 rings (SSSR count). The predicted molar refractivity (Wildman–Crippen MR) is 73.0 cm³/mol. The maximum atomic E-state index is 13.9. The number of benzene rings is 2. The smallest absolute Gasteiger partial charge is 0.161 e. The third-order valence-electron chi connectivity index (χ3n) is 3.35. The SMILES string of the molecule is NNC(c1ccc2c(c1)OCCO2)c1c(F)cccc1F. The maximum Gasteiger partial charge on any atom is 0.161 e. The van der Waals surface area contributed by atoms with Gasteiger partial charge >= 0.3 is 0 Å². The van der Waals surface area contributed by atoms with Gasteiger partial charge in [0.05, 0.1) is 6.04 Å². The van der Waals surface area contributed by atoms with E-state index in [4.69, 9.17) is 15.3 Å². The molecule has 0 saturated heterocycles. The average Bonchev–Trinajstić information content (AvgIpc) is 2.50. The van der Waals surface area contributed by atoms with Crippen LogP contribution in [0.1, 0.15) is 17.2 Å². The highest BCUT2D eigenvalue weighted by molar-refractivity contribution is 5.46. The lowest BCUT2D eigenvalue weighted by Gasteiger charge is -2.22. The minimum Gasteiger partial charge on any atom is -0.486 e. The summed E-state index contributed by atoms with van der Waals surface area (Å²) in [5.41, 5.74) is 2.91. The molecule has 1 atom stereocenters. The highest BCUT2D eigenvalue weighted by atomic mass is 19.1. The molecule has 0 aromatic heterocycles. The second kappa shape index (κ2) is 5.67. The molecule has 0 aliphatic carbocycles. The van der Waals surface area contributed by atoms with Crippen LogP contribution in [0, 0.1) is 11.6 Å². The van der Waals surface area contributed by atoms with Crippen LogP contribution in [0.5, 0.6) is 11.5 Å². The van der Waals surface area contributed by atoms with E-state index in [1.165, 1.54) is 18.2 Å². The molecule has 0 fully saturated rings. The van der Waals surface area contributed by atoms with Crippen molar-refractivity contribution in [2.24, 2.45) is 5.84 Å². The van der Waals surface area contributed by atoms with Crippen LogP contribution in [-0.4, -0.2) is 13.2 Å². The fourth-order valence-electron chi connectivity index (χ4n) is 2.37. The first-order chi connectivity index (χ1) is 10.2. The summed E-state index contributed by atoms with van der Waals surface area (Å²) in [5.74, 6) is 5.32. The molecule has 110 valence electrons. The summed E-state index contributed by atoms with van der Waals surface area (Å²) in [6.07, 6.45) is 0. The summed E-state index contributed by atoms with van der Waals surface area (Å²) in [4.78, 5) is 0. The van der Waals surface area contributed by atoms with Crippen LogP contribution in [0.15, 0.2) is 36.4 Å². The van der Waals surface area contributed by atoms with Gasteiger partial charge in [0.25, 0.3) is 0 Å². The van der Waals surface area contributed by atoms with Crippen LogP contribution in [-0.2, 0) is 0 Å². The van der Waals surface area contributed by atoms with E-state index in [0.29, 0.717) is 30.3 Å². The maximum absolute atomic E-state index is 13.9. The Morgan fingerprint density at radius 2 is 1.67 bits per heavy atom. The van der Waals surface area contributed by atoms with E-state index >= 15 is 0 Å². The van der Waals surface area contributed by atoms with E-state index in [1.807, 2.05) is 0 Å². The normalized spacial score (nSPS) is 14.8. The van der Waals surface area contributed by atoms with Gasteiger partial charge in [0.1, 0.15) is 24.8 Å². The Morgan fingerprint density at radius 3 is 2.33 bits per heavy atom. The molecule has 2 aromatic carbocycles. The van der Waals surface area contributed by atoms with Gasteiger partial charge in [-0.15, -0.1) is 0 Å². The summed E-state index contributed by atoms with van der Waals surface area (Å²) in [7, 11) is 0. The second-order valence-corrected chi connectivity index (χ2v) is 4.64. The first kappa shape index (κ1) is 13.8. The third-order valence-corrected chi connectivity index (χ3v) is 3.35. The molecule has 0 radical (unpaired) electrons. The van der Waals surface area contributed by atoms with E-state index in [-0.39, 0.29) is 5.56 Å². The highest BCUT2D eigenvalue weighted by Gasteiger charge is 2.23. The van der Waals surface area contributed by atoms with E-state index in [1.54, 1.807) is 18.2 Å². The number of hydrogen-bond donors (Lipinski definition) is 2. The summed E-state index contributed by atoms with van der Waals surface area (Å²) in [6.45, 7) is 0.915. The van der Waals surface area contributed by atoms with E-state index in [2.05, 4.69) is 5.43 Å². The lowest BCUT2D eigenvalue weighted by Crippen LogP contribution is -2.30. The van der Waals surface area contributed by atoms with Gasteiger partial charge in [-0.3, -0.25) is 5.84 Å². The number of nitrogens with two attached hydrogens (primary N) is 1. The molecule has 1 aliphatic heterocycles. The van der Waals surface area contributed by atoms with Gasteiger partial charge in [-0.1, -0.05) is 12.1 Å². The molecule has 4 nitrogen and oxygen atoms in total. The van der Waals surface area contributed by atoms with Crippen molar-refractivity contribution in [2.75, 3.05) is 13.2 Å². The molecule has 0 spiro atoms. The number of nitrogens with one attached hydrogen (secondary N) is 1. The first-order valence-corrected chi connectivity index (χ1v) is 6.50. The molecule has 6 heteroatoms. The quantitative estimate of drug-likeness (QED) is 0.673. The molecular formula is C15H14F2N2O2. The molecular weight excluding hydrogens is 278 g/mol. The van der Waals surface area contributed by atoms with Gasteiger partial charge in [0, 0.05) is 5.56 Å². The number of hydrogen-bond acceptors (Lipinski definition) is 4. The van der Waals surface area contributed by atoms with Gasteiger partial charge in [-0.25, -0.2) is 14.2 Å². The number of ether oxygens (including phenoxy) is 2. The van der Waals surface area contributed by atoms with Gasteiger partial charge in [0.15, 0.2) is 11.5 Å². The Kier molecular flexibility index (Phi) is 3.72. The number of fused-ring (bicyclic) bond motifs is 1. The molecule has 3 N–H and O–H groups in total. The first-order valence-electron chi connectivity index (χ1n) is 6.50. The fraction of sp³-hybridized carbons (Fsp3) is 0.200. The second-order valence-electron chi connectivity index (χ2n) is 4.64. The molecule has 21 heavy (non-hydrogen) atoms. The van der Waals surface area contributed by atoms with Gasteiger partial charge < -0.3 is 9.47 Å². The summed E-state index contributed by atoms with van der Waals surface area (Å²) >= 11 is 0. The number of rotatable bonds is 3. The topological polar surface area (TPSA) is 56.5 Å². The monoisotopic (exact) mass is 292 g/mol. The Labute approximate surface area is 120 Å². The molecule has 1 aliphatic rings. The third kappa shape index (κ3) is 2.55. The standard InChI is InChI=1S/C15H14F2N2O2/c16-10-2-1-3-11(17)14(10)15(19-18)9-4-5-12-13(8-9)21-7-6-20-12/h1-5,8,15,19H,6-7,18H2. The highest BCUT2D eigenvalue weighted by Crippen LogP contribution is 2.35. The van der Waals surface area contributed by atoms with Crippen molar-refractivity contribution < 1.29 is 18.3 Å². The molecule has 1 unspecified atom stereocenters. The molecule has 1 heterocycles. The summed E-state index contributed by atoms with van der Waals surface area (Å²) < 4.78 is 38.7. The number of hydrazine groups is 1. The van der Waals surface area contributed by atoms with Crippen molar-refractivity contribution >= 4 is 0 Å². The zero-order chi connectivity index (χ0) is 14.8. The largest absolute Gasteiger partial charge is 0.486 e. The van der Waals surface area contributed by atoms with Crippen LogP contribution in [0.25, 0.3) is 0 Å². The van der Waals surface area contributed by atoms with Crippen molar-refractivity contribution in [3.05, 3.63) is 59.2 Å². The van der Waals surface area contributed by atoms with Gasteiger partial charge in [-0.2, -0.15) is 0 Å². The van der Waals surface area contributed by atoms with Crippen molar-refractivity contribution in [3.63, 3.8) is 0 Å². The molecule has 2 aromatic rings. The van der Waals surface area contributed by atoms with Gasteiger partial charge in [0.2, 0.25) is 0 Å². The van der Waals surface area contributed by atoms with E-state index in [0.717, 1.165) is 0 Å². The fourth-order valence-corrected chi connectivity index (χ4v) is 2.37. The minimum absolute atomic E-state index is 0.128.